The first-order valence-electron chi connectivity index (χ1n) is 7.93. The van der Waals surface area contributed by atoms with Crippen molar-refractivity contribution in [2.24, 2.45) is 10.2 Å². The summed E-state index contributed by atoms with van der Waals surface area (Å²) in [5, 5.41) is 8.55. The van der Waals surface area contributed by atoms with Gasteiger partial charge < -0.3 is 0 Å². The largest absolute Gasteiger partial charge is 0.287 e. The van der Waals surface area contributed by atoms with Crippen molar-refractivity contribution in [1.82, 2.24) is 4.98 Å². The molecule has 3 rings (SSSR count). The maximum Gasteiger partial charge on any atom is 0.213 e. The molecule has 0 aliphatic heterocycles. The number of Topliss-reactive ketones (excluding diaryl/α,β-unsaturated/α-hetero) is 1. The van der Waals surface area contributed by atoms with Crippen molar-refractivity contribution in [3.8, 4) is 0 Å². The highest BCUT2D eigenvalue weighted by Crippen LogP contribution is 2.10. The minimum Gasteiger partial charge on any atom is -0.287 e. The summed E-state index contributed by atoms with van der Waals surface area (Å²) in [6.45, 7) is 1.86. The van der Waals surface area contributed by atoms with Gasteiger partial charge in [-0.15, -0.1) is 5.10 Å². The molecule has 3 aromatic rings. The molecule has 0 amide bonds. The van der Waals surface area contributed by atoms with E-state index in [4.69, 9.17) is 0 Å². The number of rotatable bonds is 5. The van der Waals surface area contributed by atoms with Gasteiger partial charge in [0.2, 0.25) is 5.78 Å². The van der Waals surface area contributed by atoms with Crippen LogP contribution < -0.4 is 0 Å². The van der Waals surface area contributed by atoms with Gasteiger partial charge in [-0.3, -0.25) is 9.78 Å². The van der Waals surface area contributed by atoms with Crippen LogP contribution in [0.4, 0.5) is 0 Å². The summed E-state index contributed by atoms with van der Waals surface area (Å²) >= 11 is 0. The SMILES string of the molecule is CC(=NN=C(C(=O)c1ccccc1)c1ccccc1)c1ccncc1. The third-order valence-corrected chi connectivity index (χ3v) is 3.70. The molecule has 0 saturated heterocycles. The Bertz CT molecular complexity index is 902. The number of pyridine rings is 1. The van der Waals surface area contributed by atoms with Crippen LogP contribution in [0.1, 0.15) is 28.4 Å². The number of benzene rings is 2. The molecular weight excluding hydrogens is 310 g/mol. The minimum atomic E-state index is -0.155. The van der Waals surface area contributed by atoms with E-state index in [1.54, 1.807) is 24.5 Å². The first kappa shape index (κ1) is 16.5. The molecule has 0 saturated carbocycles. The third kappa shape index (κ3) is 4.12. The molecule has 0 aliphatic rings. The van der Waals surface area contributed by atoms with Crippen LogP contribution in [-0.4, -0.2) is 22.2 Å². The van der Waals surface area contributed by atoms with Crippen LogP contribution >= 0.6 is 0 Å². The fourth-order valence-electron chi connectivity index (χ4n) is 2.33. The number of hydrogen-bond donors (Lipinski definition) is 0. The second-order valence-electron chi connectivity index (χ2n) is 5.43. The van der Waals surface area contributed by atoms with Gasteiger partial charge in [0.05, 0.1) is 5.71 Å². The highest BCUT2D eigenvalue weighted by atomic mass is 16.1. The van der Waals surface area contributed by atoms with E-state index in [0.29, 0.717) is 11.3 Å². The maximum atomic E-state index is 12.9. The molecule has 1 heterocycles. The quantitative estimate of drug-likeness (QED) is 0.401. The van der Waals surface area contributed by atoms with Crippen LogP contribution in [-0.2, 0) is 0 Å². The summed E-state index contributed by atoms with van der Waals surface area (Å²) in [5.41, 5.74) is 3.28. The maximum absolute atomic E-state index is 12.9. The number of hydrogen-bond acceptors (Lipinski definition) is 4. The Labute approximate surface area is 146 Å². The van der Waals surface area contributed by atoms with E-state index in [9.17, 15) is 4.79 Å². The molecule has 0 spiro atoms. The number of nitrogens with zero attached hydrogens (tertiary/aromatic N) is 3. The lowest BCUT2D eigenvalue weighted by Crippen LogP contribution is -2.15. The average molecular weight is 327 g/mol. The van der Waals surface area contributed by atoms with Gasteiger partial charge in [-0.1, -0.05) is 60.7 Å². The summed E-state index contributed by atoms with van der Waals surface area (Å²) in [7, 11) is 0. The molecule has 0 bridgehead atoms. The zero-order valence-electron chi connectivity index (χ0n) is 13.8. The van der Waals surface area contributed by atoms with Crippen LogP contribution in [0.5, 0.6) is 0 Å². The molecule has 0 aliphatic carbocycles. The first-order valence-corrected chi connectivity index (χ1v) is 7.93. The topological polar surface area (TPSA) is 54.7 Å². The second kappa shape index (κ2) is 7.93. The van der Waals surface area contributed by atoms with Crippen molar-refractivity contribution in [3.63, 3.8) is 0 Å². The molecule has 1 aromatic heterocycles. The van der Waals surface area contributed by atoms with E-state index in [1.165, 1.54) is 0 Å². The second-order valence-corrected chi connectivity index (χ2v) is 5.43. The summed E-state index contributed by atoms with van der Waals surface area (Å²) in [6, 6.07) is 22.2. The number of carbonyl (C=O) groups is 1. The monoisotopic (exact) mass is 327 g/mol. The standard InChI is InChI=1S/C21H17N3O/c1-16(17-12-14-22-15-13-17)23-24-20(18-8-4-2-5-9-18)21(25)19-10-6-3-7-11-19/h2-15H,1H3. The Hall–Kier alpha value is -3.40. The zero-order valence-corrected chi connectivity index (χ0v) is 13.8. The molecule has 4 heteroatoms. The summed E-state index contributed by atoms with van der Waals surface area (Å²) in [6.07, 6.45) is 3.40. The van der Waals surface area contributed by atoms with E-state index >= 15 is 0 Å². The van der Waals surface area contributed by atoms with Crippen molar-refractivity contribution < 1.29 is 4.79 Å². The van der Waals surface area contributed by atoms with Crippen molar-refractivity contribution >= 4 is 17.2 Å². The molecule has 0 fully saturated rings. The van der Waals surface area contributed by atoms with Crippen molar-refractivity contribution in [2.75, 3.05) is 0 Å². The van der Waals surface area contributed by atoms with E-state index in [1.807, 2.05) is 67.6 Å². The average Bonchev–Trinajstić information content (AvgIpc) is 2.70. The Balaban J connectivity index is 2.01. The van der Waals surface area contributed by atoms with Gasteiger partial charge in [-0.2, -0.15) is 5.10 Å². The Morgan fingerprint density at radius 2 is 1.28 bits per heavy atom. The van der Waals surface area contributed by atoms with Gasteiger partial charge in [0.15, 0.2) is 0 Å². The molecule has 122 valence electrons. The van der Waals surface area contributed by atoms with E-state index in [0.717, 1.165) is 16.8 Å². The molecule has 25 heavy (non-hydrogen) atoms. The fraction of sp³-hybridized carbons (Fsp3) is 0.0476. The number of aromatic nitrogens is 1. The van der Waals surface area contributed by atoms with E-state index in [2.05, 4.69) is 15.2 Å². The van der Waals surface area contributed by atoms with E-state index in [-0.39, 0.29) is 5.78 Å². The molecule has 0 N–H and O–H groups in total. The number of ketones is 1. The highest BCUT2D eigenvalue weighted by molar-refractivity contribution is 6.51. The Morgan fingerprint density at radius 1 is 0.720 bits per heavy atom. The lowest BCUT2D eigenvalue weighted by molar-refractivity contribution is 0.106. The van der Waals surface area contributed by atoms with Gasteiger partial charge in [0.1, 0.15) is 5.71 Å². The molecular formula is C21H17N3O. The van der Waals surface area contributed by atoms with Crippen molar-refractivity contribution in [3.05, 3.63) is 102 Å². The lowest BCUT2D eigenvalue weighted by Gasteiger charge is -2.05. The molecule has 2 aromatic carbocycles. The summed E-state index contributed by atoms with van der Waals surface area (Å²) in [4.78, 5) is 16.9. The third-order valence-electron chi connectivity index (χ3n) is 3.70. The fourth-order valence-corrected chi connectivity index (χ4v) is 2.33. The van der Waals surface area contributed by atoms with Crippen molar-refractivity contribution in [1.29, 1.82) is 0 Å². The molecule has 0 unspecified atom stereocenters. The van der Waals surface area contributed by atoms with Crippen LogP contribution in [0.15, 0.2) is 95.4 Å². The number of carbonyl (C=O) groups excluding carboxylic acids is 1. The Kier molecular flexibility index (Phi) is 5.22. The van der Waals surface area contributed by atoms with E-state index < -0.39 is 0 Å². The molecule has 4 nitrogen and oxygen atoms in total. The minimum absolute atomic E-state index is 0.155. The van der Waals surface area contributed by atoms with Gasteiger partial charge in [-0.05, 0) is 19.1 Å². The highest BCUT2D eigenvalue weighted by Gasteiger charge is 2.16. The molecule has 0 radical (unpaired) electrons. The lowest BCUT2D eigenvalue weighted by atomic mass is 10.0. The van der Waals surface area contributed by atoms with Crippen LogP contribution in [0.3, 0.4) is 0 Å². The van der Waals surface area contributed by atoms with Gasteiger partial charge in [0.25, 0.3) is 0 Å². The van der Waals surface area contributed by atoms with Crippen LogP contribution in [0.2, 0.25) is 0 Å². The van der Waals surface area contributed by atoms with Gasteiger partial charge >= 0.3 is 0 Å². The first-order chi connectivity index (χ1) is 12.3. The van der Waals surface area contributed by atoms with Crippen molar-refractivity contribution in [2.45, 2.75) is 6.92 Å². The predicted molar refractivity (Wildman–Crippen MR) is 100 cm³/mol. The normalized spacial score (nSPS) is 12.0. The molecule has 0 atom stereocenters. The summed E-state index contributed by atoms with van der Waals surface area (Å²) in [5.74, 6) is -0.155. The van der Waals surface area contributed by atoms with Crippen LogP contribution in [0, 0.1) is 0 Å². The smallest absolute Gasteiger partial charge is 0.213 e. The van der Waals surface area contributed by atoms with Gasteiger partial charge in [-0.25, -0.2) is 0 Å². The van der Waals surface area contributed by atoms with Crippen LogP contribution in [0.25, 0.3) is 0 Å². The Morgan fingerprint density at radius 3 is 1.88 bits per heavy atom. The predicted octanol–water partition coefficient (Wildman–Crippen LogP) is 4.18. The zero-order chi connectivity index (χ0) is 17.5. The van der Waals surface area contributed by atoms with Gasteiger partial charge in [0, 0.05) is 29.1 Å². The summed E-state index contributed by atoms with van der Waals surface area (Å²) < 4.78 is 0.